The predicted octanol–water partition coefficient (Wildman–Crippen LogP) is 1.49. The number of methoxy groups -OCH3 is 1. The van der Waals surface area contributed by atoms with E-state index < -0.39 is 15.9 Å². The largest absolute Gasteiger partial charge is 0.496 e. The van der Waals surface area contributed by atoms with Crippen LogP contribution >= 0.6 is 12.2 Å². The lowest BCUT2D eigenvalue weighted by Crippen LogP contribution is -2.31. The second-order valence-corrected chi connectivity index (χ2v) is 8.29. The molecule has 28 heavy (non-hydrogen) atoms. The molecule has 0 aliphatic rings. The first kappa shape index (κ1) is 22.1. The van der Waals surface area contributed by atoms with Crippen LogP contribution in [0.2, 0.25) is 0 Å². The molecule has 1 heterocycles. The summed E-state index contributed by atoms with van der Waals surface area (Å²) in [6.45, 7) is 4.53. The van der Waals surface area contributed by atoms with Crippen LogP contribution in [0.4, 0.5) is 0 Å². The fourth-order valence-electron chi connectivity index (χ4n) is 2.72. The van der Waals surface area contributed by atoms with Crippen molar-refractivity contribution in [3.63, 3.8) is 0 Å². The minimum Gasteiger partial charge on any atom is -0.496 e. The molecule has 11 heteroatoms. The molecule has 9 nitrogen and oxygen atoms in total. The van der Waals surface area contributed by atoms with Crippen LogP contribution < -0.4 is 10.1 Å². The lowest BCUT2D eigenvalue weighted by atomic mass is 10.2. The number of ether oxygens (including phenoxy) is 1. The topological polar surface area (TPSA) is 109 Å². The lowest BCUT2D eigenvalue weighted by molar-refractivity contribution is 0.0950. The number of nitrogens with zero attached hydrogens (tertiary/aromatic N) is 3. The van der Waals surface area contributed by atoms with Crippen LogP contribution in [0, 0.1) is 4.77 Å². The van der Waals surface area contributed by atoms with Gasteiger partial charge in [0.25, 0.3) is 5.91 Å². The third kappa shape index (κ3) is 4.59. The zero-order valence-electron chi connectivity index (χ0n) is 16.4. The van der Waals surface area contributed by atoms with Crippen molar-refractivity contribution in [3.8, 4) is 5.75 Å². The van der Waals surface area contributed by atoms with Gasteiger partial charge in [-0.05, 0) is 30.4 Å². The molecule has 0 fully saturated rings. The second kappa shape index (κ2) is 9.30. The summed E-state index contributed by atoms with van der Waals surface area (Å²) in [7, 11) is -0.464. The van der Waals surface area contributed by atoms with Crippen molar-refractivity contribution in [2.75, 3.05) is 26.7 Å². The van der Waals surface area contributed by atoms with Gasteiger partial charge in [0, 0.05) is 33.1 Å². The van der Waals surface area contributed by atoms with Crippen LogP contribution in [0.15, 0.2) is 23.1 Å². The summed E-state index contributed by atoms with van der Waals surface area (Å²) in [5.74, 6) is 0.578. The molecular formula is C17H25N5O4S2. The van der Waals surface area contributed by atoms with E-state index in [1.165, 1.54) is 29.6 Å². The minimum absolute atomic E-state index is 0.0524. The number of aromatic nitrogens is 3. The van der Waals surface area contributed by atoms with E-state index in [0.29, 0.717) is 42.4 Å². The van der Waals surface area contributed by atoms with Gasteiger partial charge in [0.05, 0.1) is 17.6 Å². The average Bonchev–Trinajstić information content (AvgIpc) is 3.00. The number of nitrogens with one attached hydrogen (secondary N) is 2. The first-order chi connectivity index (χ1) is 13.3. The average molecular weight is 428 g/mol. The van der Waals surface area contributed by atoms with E-state index in [1.54, 1.807) is 25.5 Å². The molecule has 154 valence electrons. The Morgan fingerprint density at radius 1 is 1.36 bits per heavy atom. The van der Waals surface area contributed by atoms with Crippen molar-refractivity contribution in [1.82, 2.24) is 24.4 Å². The SMILES string of the molecule is CCN(CC)S(=O)(=O)c1ccc(OC)c(C(=O)NCCc2n[nH]c(=S)n2C)c1. The van der Waals surface area contributed by atoms with Gasteiger partial charge in [-0.25, -0.2) is 8.42 Å². The van der Waals surface area contributed by atoms with Crippen LogP contribution in [0.1, 0.15) is 30.0 Å². The highest BCUT2D eigenvalue weighted by Gasteiger charge is 2.24. The van der Waals surface area contributed by atoms with Crippen LogP contribution in [-0.2, 0) is 23.5 Å². The number of sulfonamides is 1. The number of carbonyl (C=O) groups excluding carboxylic acids is 1. The van der Waals surface area contributed by atoms with E-state index in [4.69, 9.17) is 17.0 Å². The molecule has 2 rings (SSSR count). The number of aromatic amines is 1. The number of benzene rings is 1. The highest BCUT2D eigenvalue weighted by atomic mass is 32.2. The fraction of sp³-hybridized carbons (Fsp3) is 0.471. The van der Waals surface area contributed by atoms with E-state index >= 15 is 0 Å². The second-order valence-electron chi connectivity index (χ2n) is 5.96. The number of rotatable bonds is 9. The molecule has 0 saturated heterocycles. The van der Waals surface area contributed by atoms with E-state index in [9.17, 15) is 13.2 Å². The van der Waals surface area contributed by atoms with Crippen LogP contribution in [0.5, 0.6) is 5.75 Å². The maximum Gasteiger partial charge on any atom is 0.255 e. The Balaban J connectivity index is 2.22. The van der Waals surface area contributed by atoms with Crippen molar-refractivity contribution in [3.05, 3.63) is 34.4 Å². The molecule has 1 aromatic heterocycles. The van der Waals surface area contributed by atoms with E-state index in [2.05, 4.69) is 15.5 Å². The Kier molecular flexibility index (Phi) is 7.33. The molecule has 1 aromatic carbocycles. The first-order valence-electron chi connectivity index (χ1n) is 8.82. The molecule has 0 aliphatic carbocycles. The van der Waals surface area contributed by atoms with Gasteiger partial charge in [0.15, 0.2) is 4.77 Å². The molecule has 0 unspecified atom stereocenters. The Morgan fingerprint density at radius 3 is 2.57 bits per heavy atom. The van der Waals surface area contributed by atoms with Crippen molar-refractivity contribution < 1.29 is 17.9 Å². The summed E-state index contributed by atoms with van der Waals surface area (Å²) in [5, 5.41) is 9.54. The lowest BCUT2D eigenvalue weighted by Gasteiger charge is -2.19. The van der Waals surface area contributed by atoms with Gasteiger partial charge in [-0.1, -0.05) is 13.8 Å². The van der Waals surface area contributed by atoms with Crippen molar-refractivity contribution >= 4 is 28.1 Å². The fourth-order valence-corrected chi connectivity index (χ4v) is 4.36. The maximum absolute atomic E-state index is 12.7. The number of hydrogen-bond donors (Lipinski definition) is 2. The molecule has 1 amide bonds. The van der Waals surface area contributed by atoms with E-state index in [1.807, 2.05) is 0 Å². The maximum atomic E-state index is 12.7. The van der Waals surface area contributed by atoms with E-state index in [0.717, 1.165) is 0 Å². The van der Waals surface area contributed by atoms with Crippen LogP contribution in [-0.4, -0.2) is 60.1 Å². The molecule has 2 aromatic rings. The van der Waals surface area contributed by atoms with Crippen molar-refractivity contribution in [1.29, 1.82) is 0 Å². The van der Waals surface area contributed by atoms with Gasteiger partial charge in [0.2, 0.25) is 10.0 Å². The Morgan fingerprint density at radius 2 is 2.04 bits per heavy atom. The Hall–Kier alpha value is -2.24. The molecule has 0 atom stereocenters. The quantitative estimate of drug-likeness (QED) is 0.587. The number of H-pyrrole nitrogens is 1. The van der Waals surface area contributed by atoms with Gasteiger partial charge < -0.3 is 14.6 Å². The summed E-state index contributed by atoms with van der Waals surface area (Å²) in [4.78, 5) is 12.7. The molecule has 0 saturated carbocycles. The Bertz CT molecular complexity index is 993. The highest BCUT2D eigenvalue weighted by molar-refractivity contribution is 7.89. The number of carbonyl (C=O) groups is 1. The highest BCUT2D eigenvalue weighted by Crippen LogP contribution is 2.24. The van der Waals surface area contributed by atoms with Crippen molar-refractivity contribution in [2.45, 2.75) is 25.2 Å². The zero-order valence-corrected chi connectivity index (χ0v) is 18.0. The van der Waals surface area contributed by atoms with Crippen LogP contribution in [0.25, 0.3) is 0 Å². The normalized spacial score (nSPS) is 11.6. The minimum atomic E-state index is -3.68. The van der Waals surface area contributed by atoms with Crippen molar-refractivity contribution in [2.24, 2.45) is 7.05 Å². The van der Waals surface area contributed by atoms with Gasteiger partial charge in [-0.2, -0.15) is 9.40 Å². The van der Waals surface area contributed by atoms with Crippen LogP contribution in [0.3, 0.4) is 0 Å². The van der Waals surface area contributed by atoms with E-state index in [-0.39, 0.29) is 10.5 Å². The molecule has 0 aliphatic heterocycles. The molecule has 0 bridgehead atoms. The number of hydrogen-bond acceptors (Lipinski definition) is 6. The molecule has 2 N–H and O–H groups in total. The summed E-state index contributed by atoms with van der Waals surface area (Å²) in [6.07, 6.45) is 0.467. The predicted molar refractivity (Wildman–Crippen MR) is 108 cm³/mol. The zero-order chi connectivity index (χ0) is 20.9. The molecular weight excluding hydrogens is 402 g/mol. The van der Waals surface area contributed by atoms with Gasteiger partial charge in [0.1, 0.15) is 11.6 Å². The third-order valence-corrected chi connectivity index (χ3v) is 6.78. The first-order valence-corrected chi connectivity index (χ1v) is 10.7. The third-order valence-electron chi connectivity index (χ3n) is 4.37. The van der Waals surface area contributed by atoms with Gasteiger partial charge in [-0.3, -0.25) is 9.89 Å². The summed E-state index contributed by atoms with van der Waals surface area (Å²) in [5.41, 5.74) is 0.158. The smallest absolute Gasteiger partial charge is 0.255 e. The standard InChI is InChI=1S/C17H25N5O4S2/c1-5-22(6-2)28(24,25)12-7-8-14(26-4)13(11-12)16(23)18-10-9-15-19-20-17(27)21(15)3/h7-8,11H,5-6,9-10H2,1-4H3,(H,18,23)(H,20,27). The molecule has 0 spiro atoms. The molecule has 0 radical (unpaired) electrons. The van der Waals surface area contributed by atoms with Gasteiger partial charge in [-0.15, -0.1) is 0 Å². The van der Waals surface area contributed by atoms with Gasteiger partial charge >= 0.3 is 0 Å². The number of amides is 1. The summed E-state index contributed by atoms with van der Waals surface area (Å²) >= 11 is 5.06. The Labute approximate surface area is 169 Å². The summed E-state index contributed by atoms with van der Waals surface area (Å²) in [6, 6.07) is 4.28. The monoisotopic (exact) mass is 427 g/mol. The summed E-state index contributed by atoms with van der Waals surface area (Å²) < 4.78 is 34.3.